The number of rotatable bonds is 5. The molecular formula is C66H48. The Labute approximate surface area is 387 Å². The van der Waals surface area contributed by atoms with Crippen molar-refractivity contribution in [1.82, 2.24) is 0 Å². The van der Waals surface area contributed by atoms with Crippen molar-refractivity contribution in [1.29, 1.82) is 0 Å². The zero-order valence-electron chi connectivity index (χ0n) is 37.8. The van der Waals surface area contributed by atoms with E-state index in [9.17, 15) is 0 Å². The number of hydrogen-bond acceptors (Lipinski definition) is 0. The summed E-state index contributed by atoms with van der Waals surface area (Å²) in [4.78, 5) is 0. The van der Waals surface area contributed by atoms with E-state index in [1.54, 1.807) is 0 Å². The van der Waals surface area contributed by atoms with E-state index in [1.807, 2.05) is 0 Å². The number of hydrogen-bond donors (Lipinski definition) is 0. The molecule has 11 aromatic rings. The van der Waals surface area contributed by atoms with Gasteiger partial charge in [-0.2, -0.15) is 0 Å². The molecule has 0 nitrogen and oxygen atoms in total. The van der Waals surface area contributed by atoms with Crippen molar-refractivity contribution < 1.29 is 0 Å². The summed E-state index contributed by atoms with van der Waals surface area (Å²) in [6.07, 6.45) is 0. The summed E-state index contributed by atoms with van der Waals surface area (Å²) in [5, 5.41) is 7.50. The summed E-state index contributed by atoms with van der Waals surface area (Å²) in [6.45, 7) is 9.44. The van der Waals surface area contributed by atoms with Crippen LogP contribution >= 0.6 is 0 Å². The van der Waals surface area contributed by atoms with Crippen LogP contribution in [0.15, 0.2) is 218 Å². The predicted molar refractivity (Wildman–Crippen MR) is 281 cm³/mol. The van der Waals surface area contributed by atoms with E-state index in [2.05, 4.69) is 246 Å². The van der Waals surface area contributed by atoms with Crippen LogP contribution in [0.25, 0.3) is 110 Å². The molecule has 0 aromatic heterocycles. The van der Waals surface area contributed by atoms with Crippen LogP contribution in [0, 0.1) is 0 Å². The van der Waals surface area contributed by atoms with Crippen LogP contribution in [-0.4, -0.2) is 0 Å². The van der Waals surface area contributed by atoms with Crippen molar-refractivity contribution in [2.45, 2.75) is 38.5 Å². The highest BCUT2D eigenvalue weighted by molar-refractivity contribution is 6.24. The fourth-order valence-electron chi connectivity index (χ4n) is 11.9. The van der Waals surface area contributed by atoms with Gasteiger partial charge in [-0.15, -0.1) is 0 Å². The molecule has 13 rings (SSSR count). The lowest BCUT2D eigenvalue weighted by Crippen LogP contribution is -2.14. The Kier molecular flexibility index (Phi) is 8.40. The lowest BCUT2D eigenvalue weighted by molar-refractivity contribution is 0.660. The summed E-state index contributed by atoms with van der Waals surface area (Å²) in [7, 11) is 0. The van der Waals surface area contributed by atoms with Gasteiger partial charge in [0.2, 0.25) is 0 Å². The molecule has 66 heavy (non-hydrogen) atoms. The third-order valence-corrected chi connectivity index (χ3v) is 15.3. The lowest BCUT2D eigenvalue weighted by Gasteiger charge is -2.22. The van der Waals surface area contributed by atoms with Crippen LogP contribution < -0.4 is 0 Å². The van der Waals surface area contributed by atoms with Gasteiger partial charge in [0.15, 0.2) is 0 Å². The summed E-state index contributed by atoms with van der Waals surface area (Å²) in [5.41, 5.74) is 23.2. The maximum Gasteiger partial charge on any atom is 0.0158 e. The summed E-state index contributed by atoms with van der Waals surface area (Å²) in [6, 6.07) is 82.4. The highest BCUT2D eigenvalue weighted by atomic mass is 14.4. The minimum absolute atomic E-state index is 0.0427. The fraction of sp³-hybridized carbons (Fsp3) is 0.0909. The van der Waals surface area contributed by atoms with Crippen molar-refractivity contribution in [3.8, 4) is 77.9 Å². The van der Waals surface area contributed by atoms with E-state index in [1.165, 1.54) is 132 Å². The fourth-order valence-corrected chi connectivity index (χ4v) is 11.9. The van der Waals surface area contributed by atoms with Gasteiger partial charge < -0.3 is 0 Å². The molecular weight excluding hydrogens is 793 g/mol. The monoisotopic (exact) mass is 840 g/mol. The van der Waals surface area contributed by atoms with Gasteiger partial charge in [-0.25, -0.2) is 0 Å². The van der Waals surface area contributed by atoms with Crippen LogP contribution in [0.3, 0.4) is 0 Å². The lowest BCUT2D eigenvalue weighted by atomic mass is 9.81. The molecule has 0 spiro atoms. The van der Waals surface area contributed by atoms with Crippen molar-refractivity contribution >= 4 is 32.3 Å². The standard InChI is InChI=1S/C66H48/c1-65(2)59-23-12-10-20-50(59)55-37-47(31-35-61(55)65)45-30-34-54-57(39-45)63(44-27-25-42(26-28-44)41-15-6-5-7-16-41)53-33-29-46(40-58(53)64(54)52-22-14-18-43-17-8-9-19-49(43)52)48-32-36-62-56(38-48)51-21-11-13-24-60(51)66(62,3)4/h5-40H,1-4H3. The molecule has 0 atom stereocenters. The summed E-state index contributed by atoms with van der Waals surface area (Å²) < 4.78 is 0. The van der Waals surface area contributed by atoms with E-state index in [0.29, 0.717) is 0 Å². The number of fused-ring (bicyclic) bond motifs is 9. The second kappa shape index (κ2) is 14.4. The van der Waals surface area contributed by atoms with Gasteiger partial charge in [0.25, 0.3) is 0 Å². The average Bonchev–Trinajstić information content (AvgIpc) is 3.74. The Morgan fingerprint density at radius 3 is 1.26 bits per heavy atom. The Hall–Kier alpha value is -7.80. The van der Waals surface area contributed by atoms with Crippen LogP contribution in [-0.2, 0) is 10.8 Å². The molecule has 0 fully saturated rings. The molecule has 11 aromatic carbocycles. The first-order valence-corrected chi connectivity index (χ1v) is 23.4. The zero-order valence-corrected chi connectivity index (χ0v) is 37.8. The van der Waals surface area contributed by atoms with Crippen LogP contribution in [0.4, 0.5) is 0 Å². The molecule has 0 bridgehead atoms. The Balaban J connectivity index is 1.09. The third kappa shape index (κ3) is 5.71. The third-order valence-electron chi connectivity index (χ3n) is 15.3. The molecule has 0 saturated carbocycles. The molecule has 312 valence electrons. The topological polar surface area (TPSA) is 0 Å². The minimum atomic E-state index is -0.0427. The van der Waals surface area contributed by atoms with Gasteiger partial charge >= 0.3 is 0 Å². The molecule has 0 heteroatoms. The first-order chi connectivity index (χ1) is 32.2. The summed E-state index contributed by atoms with van der Waals surface area (Å²) in [5.74, 6) is 0. The van der Waals surface area contributed by atoms with Gasteiger partial charge in [-0.3, -0.25) is 0 Å². The second-order valence-electron chi connectivity index (χ2n) is 19.6. The van der Waals surface area contributed by atoms with Crippen LogP contribution in [0.1, 0.15) is 49.9 Å². The molecule has 0 radical (unpaired) electrons. The largest absolute Gasteiger partial charge is 0.0622 e. The molecule has 0 saturated heterocycles. The quantitative estimate of drug-likeness (QED) is 0.151. The number of benzene rings is 11. The average molecular weight is 841 g/mol. The van der Waals surface area contributed by atoms with Crippen molar-refractivity contribution in [3.05, 3.63) is 241 Å². The van der Waals surface area contributed by atoms with Gasteiger partial charge in [0.05, 0.1) is 0 Å². The highest BCUT2D eigenvalue weighted by Crippen LogP contribution is 2.53. The Morgan fingerprint density at radius 2 is 0.636 bits per heavy atom. The predicted octanol–water partition coefficient (Wildman–Crippen LogP) is 18.1. The van der Waals surface area contributed by atoms with Gasteiger partial charge in [-0.1, -0.05) is 222 Å². The first-order valence-electron chi connectivity index (χ1n) is 23.4. The maximum absolute atomic E-state index is 2.48. The van der Waals surface area contributed by atoms with Gasteiger partial charge in [0.1, 0.15) is 0 Å². The van der Waals surface area contributed by atoms with Crippen molar-refractivity contribution in [2.75, 3.05) is 0 Å². The highest BCUT2D eigenvalue weighted by Gasteiger charge is 2.36. The van der Waals surface area contributed by atoms with Crippen molar-refractivity contribution in [3.63, 3.8) is 0 Å². The molecule has 0 aliphatic heterocycles. The molecule has 2 aliphatic carbocycles. The van der Waals surface area contributed by atoms with Crippen LogP contribution in [0.5, 0.6) is 0 Å². The van der Waals surface area contributed by atoms with E-state index in [-0.39, 0.29) is 10.8 Å². The second-order valence-corrected chi connectivity index (χ2v) is 19.6. The van der Waals surface area contributed by atoms with Gasteiger partial charge in [-0.05, 0) is 157 Å². The van der Waals surface area contributed by atoms with Crippen molar-refractivity contribution in [2.24, 2.45) is 0 Å². The Bertz CT molecular complexity index is 3780. The Morgan fingerprint density at radius 1 is 0.227 bits per heavy atom. The smallest absolute Gasteiger partial charge is 0.0158 e. The first kappa shape index (κ1) is 38.6. The van der Waals surface area contributed by atoms with Crippen LogP contribution in [0.2, 0.25) is 0 Å². The summed E-state index contributed by atoms with van der Waals surface area (Å²) >= 11 is 0. The SMILES string of the molecule is CC1(C)c2ccccc2-c2cc(-c3ccc4c(-c5cccc6ccccc56)c5cc(-c6ccc7c(c6)-c6ccccc6C7(C)C)ccc5c(-c5ccc(-c6ccccc6)cc5)c4c3)ccc21. The van der Waals surface area contributed by atoms with E-state index in [4.69, 9.17) is 0 Å². The molecule has 0 heterocycles. The normalized spacial score (nSPS) is 14.0. The van der Waals surface area contributed by atoms with Gasteiger partial charge in [0, 0.05) is 10.8 Å². The molecule has 2 aliphatic rings. The zero-order chi connectivity index (χ0) is 44.3. The molecule has 0 unspecified atom stereocenters. The minimum Gasteiger partial charge on any atom is -0.0622 e. The molecule has 0 amide bonds. The van der Waals surface area contributed by atoms with E-state index < -0.39 is 0 Å². The van der Waals surface area contributed by atoms with E-state index in [0.717, 1.165) is 0 Å². The molecule has 0 N–H and O–H groups in total. The van der Waals surface area contributed by atoms with E-state index >= 15 is 0 Å². The maximum atomic E-state index is 2.48.